The molecule has 28 heavy (non-hydrogen) atoms. The lowest BCUT2D eigenvalue weighted by Crippen LogP contribution is -2.64. The van der Waals surface area contributed by atoms with Gasteiger partial charge >= 0.3 is 11.8 Å². The molecule has 0 spiro atoms. The molecule has 0 N–H and O–H groups in total. The minimum atomic E-state index is -0.997. The van der Waals surface area contributed by atoms with Crippen molar-refractivity contribution < 1.29 is 18.4 Å². The molecular weight excluding hydrogens is 446 g/mol. The lowest BCUT2D eigenvalue weighted by atomic mass is 10.1. The van der Waals surface area contributed by atoms with Gasteiger partial charge in [-0.1, -0.05) is 22.2 Å². The zero-order valence-electron chi connectivity index (χ0n) is 15.8. The van der Waals surface area contributed by atoms with E-state index in [0.29, 0.717) is 15.3 Å². The summed E-state index contributed by atoms with van der Waals surface area (Å²) in [7, 11) is 1.49. The van der Waals surface area contributed by atoms with Gasteiger partial charge in [-0.2, -0.15) is 0 Å². The van der Waals surface area contributed by atoms with Crippen molar-refractivity contribution in [1.29, 1.82) is 0 Å². The van der Waals surface area contributed by atoms with Gasteiger partial charge in [0.15, 0.2) is 0 Å². The highest BCUT2D eigenvalue weighted by atomic mass is 35.5. The van der Waals surface area contributed by atoms with Crippen molar-refractivity contribution in [3.63, 3.8) is 0 Å². The molecule has 9 heteroatoms. The minimum Gasteiger partial charge on any atom is -0.497 e. The molecular formula is C19H21Cl4N2O3+. The van der Waals surface area contributed by atoms with E-state index in [1.165, 1.54) is 19.2 Å². The van der Waals surface area contributed by atoms with Crippen LogP contribution >= 0.6 is 47.6 Å². The van der Waals surface area contributed by atoms with Gasteiger partial charge in [0, 0.05) is 10.6 Å². The summed E-state index contributed by atoms with van der Waals surface area (Å²) in [5, 5.41) is 0.475. The highest BCUT2D eigenvalue weighted by molar-refractivity contribution is 6.31. The van der Waals surface area contributed by atoms with Crippen molar-refractivity contribution in [2.75, 3.05) is 7.11 Å². The average molecular weight is 467 g/mol. The summed E-state index contributed by atoms with van der Waals surface area (Å²) >= 11 is 18.9. The Bertz CT molecular complexity index is 853. The van der Waals surface area contributed by atoms with Crippen LogP contribution in [0.4, 0.5) is 0 Å². The summed E-state index contributed by atoms with van der Waals surface area (Å²) in [6.07, 6.45) is 0. The zero-order chi connectivity index (χ0) is 20.4. The van der Waals surface area contributed by atoms with Crippen LogP contribution in [0.5, 0.6) is 5.75 Å². The molecule has 2 amide bonds. The molecule has 5 nitrogen and oxygen atoms in total. The van der Waals surface area contributed by atoms with E-state index in [4.69, 9.17) is 39.9 Å². The van der Waals surface area contributed by atoms with Crippen molar-refractivity contribution in [3.8, 4) is 5.75 Å². The van der Waals surface area contributed by atoms with Crippen molar-refractivity contribution in [1.82, 2.24) is 4.53 Å². The monoisotopic (exact) mass is 465 g/mol. The van der Waals surface area contributed by atoms with Gasteiger partial charge in [0.25, 0.3) is 0 Å². The molecule has 0 aromatic heterocycles. The lowest BCUT2D eigenvalue weighted by Gasteiger charge is -2.40. The number of carbonyl (C=O) groups is 2. The first kappa shape index (κ1) is 24.5. The smallest absolute Gasteiger partial charge is 0.390 e. The number of carbonyl (C=O) groups excluding carboxylic acids is 2. The van der Waals surface area contributed by atoms with Gasteiger partial charge in [0.2, 0.25) is 11.8 Å². The van der Waals surface area contributed by atoms with Crippen LogP contribution in [-0.2, 0) is 0 Å². The van der Waals surface area contributed by atoms with Gasteiger partial charge in [0.1, 0.15) is 11.3 Å². The molecule has 2 aromatic carbocycles. The zero-order valence-corrected chi connectivity index (χ0v) is 18.9. The number of hydrogen-bond donors (Lipinski definition) is 0. The molecule has 1 atom stereocenters. The van der Waals surface area contributed by atoms with E-state index in [9.17, 15) is 9.59 Å². The van der Waals surface area contributed by atoms with Gasteiger partial charge in [0.05, 0.1) is 24.4 Å². The maximum atomic E-state index is 13.3. The molecule has 0 aliphatic carbocycles. The van der Waals surface area contributed by atoms with E-state index >= 15 is 0 Å². The average Bonchev–Trinajstić information content (AvgIpc) is 2.65. The van der Waals surface area contributed by atoms with Crippen molar-refractivity contribution >= 4 is 59.4 Å². The molecule has 2 rings (SSSR count). The van der Waals surface area contributed by atoms with E-state index in [2.05, 4.69) is 0 Å². The minimum absolute atomic E-state index is 0. The Morgan fingerprint density at radius 2 is 1.61 bits per heavy atom. The third kappa shape index (κ3) is 4.73. The molecule has 2 aromatic rings. The molecule has 0 saturated heterocycles. The number of benzene rings is 2. The molecule has 0 aliphatic rings. The Labute approximate surface area is 185 Å². The maximum absolute atomic E-state index is 13.3. The molecule has 0 heterocycles. The number of hydrogen-bond acceptors (Lipinski definition) is 3. The molecule has 0 bridgehead atoms. The standard InChI is InChI=1S/C19H20Cl3N2O3.ClH/c1-19(2,3)24(22,18(26)14-6-5-7-16(12-14)27-4)23(21)17(25)13-8-10-15(20)11-9-13;/h5-12H,1-4H3;1H/q+1;. The summed E-state index contributed by atoms with van der Waals surface area (Å²) < 4.78 is 4.87. The first-order chi connectivity index (χ1) is 12.5. The fourth-order valence-electron chi connectivity index (χ4n) is 2.40. The highest BCUT2D eigenvalue weighted by Crippen LogP contribution is 2.37. The first-order valence-electron chi connectivity index (χ1n) is 8.06. The number of nitrogens with zero attached hydrogens (tertiary/aromatic N) is 2. The van der Waals surface area contributed by atoms with Crippen LogP contribution in [0.25, 0.3) is 0 Å². The lowest BCUT2D eigenvalue weighted by molar-refractivity contribution is -0.871. The number of rotatable bonds is 3. The van der Waals surface area contributed by atoms with Gasteiger partial charge in [-0.15, -0.1) is 12.4 Å². The van der Waals surface area contributed by atoms with Crippen molar-refractivity contribution in [3.05, 3.63) is 64.7 Å². The van der Waals surface area contributed by atoms with E-state index < -0.39 is 21.5 Å². The Kier molecular flexibility index (Phi) is 8.18. The third-order valence-corrected chi connectivity index (χ3v) is 5.50. The van der Waals surface area contributed by atoms with Crippen molar-refractivity contribution in [2.24, 2.45) is 0 Å². The Morgan fingerprint density at radius 3 is 2.11 bits per heavy atom. The summed E-state index contributed by atoms with van der Waals surface area (Å²) in [4.78, 5) is 26.2. The summed E-state index contributed by atoms with van der Waals surface area (Å²) in [6, 6.07) is 12.6. The van der Waals surface area contributed by atoms with Crippen LogP contribution in [0.2, 0.25) is 5.02 Å². The normalized spacial score (nSPS) is 13.1. The second-order valence-corrected chi connectivity index (χ2v) is 8.08. The summed E-state index contributed by atoms with van der Waals surface area (Å²) in [5.41, 5.74) is -0.431. The topological polar surface area (TPSA) is 46.6 Å². The van der Waals surface area contributed by atoms with E-state index in [-0.39, 0.29) is 23.5 Å². The van der Waals surface area contributed by atoms with Gasteiger partial charge in [-0.25, -0.2) is 4.79 Å². The fraction of sp³-hybridized carbons (Fsp3) is 0.263. The highest BCUT2D eigenvalue weighted by Gasteiger charge is 2.56. The van der Waals surface area contributed by atoms with Crippen LogP contribution in [0.15, 0.2) is 48.5 Å². The number of methoxy groups -OCH3 is 1. The van der Waals surface area contributed by atoms with Gasteiger partial charge in [-0.05, 0) is 67.3 Å². The number of quaternary nitrogens is 1. The molecule has 1 unspecified atom stereocenters. The largest absolute Gasteiger partial charge is 0.497 e. The second-order valence-electron chi connectivity index (χ2n) is 6.84. The Balaban J connectivity index is 0.00000392. The summed E-state index contributed by atoms with van der Waals surface area (Å²) in [6.45, 7) is 5.13. The van der Waals surface area contributed by atoms with Gasteiger partial charge in [-0.3, -0.25) is 4.79 Å². The number of ether oxygens (including phenoxy) is 1. The number of amides is 2. The third-order valence-electron chi connectivity index (χ3n) is 3.98. The van der Waals surface area contributed by atoms with Crippen LogP contribution in [-0.4, -0.2) is 33.1 Å². The molecule has 0 saturated carbocycles. The molecule has 0 fully saturated rings. The predicted octanol–water partition coefficient (Wildman–Crippen LogP) is 5.89. The Morgan fingerprint density at radius 1 is 1.04 bits per heavy atom. The first-order valence-corrected chi connectivity index (χ1v) is 9.12. The summed E-state index contributed by atoms with van der Waals surface area (Å²) in [5.74, 6) is -0.710. The number of halogens is 4. The predicted molar refractivity (Wildman–Crippen MR) is 114 cm³/mol. The molecule has 0 aliphatic heterocycles. The second kappa shape index (κ2) is 9.33. The van der Waals surface area contributed by atoms with Crippen molar-refractivity contribution in [2.45, 2.75) is 26.3 Å². The van der Waals surface area contributed by atoms with Crippen LogP contribution in [0, 0.1) is 0 Å². The molecule has 152 valence electrons. The van der Waals surface area contributed by atoms with Crippen LogP contribution in [0.1, 0.15) is 41.5 Å². The quantitative estimate of drug-likeness (QED) is 0.418. The Hall–Kier alpha value is -1.50. The van der Waals surface area contributed by atoms with Crippen LogP contribution < -0.4 is 4.74 Å². The maximum Gasteiger partial charge on any atom is 0.390 e. The van der Waals surface area contributed by atoms with E-state index in [1.54, 1.807) is 57.2 Å². The molecule has 0 radical (unpaired) electrons. The fourth-order valence-corrected chi connectivity index (χ4v) is 3.08. The van der Waals surface area contributed by atoms with E-state index in [1.807, 2.05) is 0 Å². The van der Waals surface area contributed by atoms with Gasteiger partial charge < -0.3 is 4.74 Å². The van der Waals surface area contributed by atoms with Crippen LogP contribution in [0.3, 0.4) is 0 Å². The SMILES string of the molecule is COc1cccc(C(=O)[N+](Cl)(N(Cl)C(=O)c2ccc(Cl)cc2)C(C)(C)C)c1.Cl. The van der Waals surface area contributed by atoms with E-state index in [0.717, 1.165) is 0 Å².